The van der Waals surface area contributed by atoms with Crippen molar-refractivity contribution < 1.29 is 14.3 Å². The van der Waals surface area contributed by atoms with Crippen molar-refractivity contribution in [3.63, 3.8) is 0 Å². The molecule has 0 radical (unpaired) electrons. The highest BCUT2D eigenvalue weighted by Gasteiger charge is 2.22. The van der Waals surface area contributed by atoms with Gasteiger partial charge in [0.05, 0.1) is 23.9 Å². The van der Waals surface area contributed by atoms with E-state index in [4.69, 9.17) is 4.74 Å². The minimum atomic E-state index is -0.529. The second-order valence-corrected chi connectivity index (χ2v) is 7.67. The lowest BCUT2D eigenvalue weighted by Crippen LogP contribution is -2.42. The number of nitrogens with one attached hydrogen (secondary N) is 2. The van der Waals surface area contributed by atoms with E-state index in [1.165, 1.54) is 0 Å². The van der Waals surface area contributed by atoms with Gasteiger partial charge in [0.2, 0.25) is 0 Å². The molecule has 0 bridgehead atoms. The van der Waals surface area contributed by atoms with E-state index in [1.807, 2.05) is 78.9 Å². The SMILES string of the molecule is COc1ccccc1-c1nn(-c2ccccc2)cc1C(=O)NNC(=O)c1ccc2ccccc2n1. The molecule has 0 aliphatic heterocycles. The van der Waals surface area contributed by atoms with Crippen molar-refractivity contribution in [1.82, 2.24) is 25.6 Å². The summed E-state index contributed by atoms with van der Waals surface area (Å²) >= 11 is 0. The molecular weight excluding hydrogens is 442 g/mol. The Morgan fingerprint density at radius 1 is 0.800 bits per heavy atom. The van der Waals surface area contributed by atoms with Crippen LogP contribution in [-0.2, 0) is 0 Å². The van der Waals surface area contributed by atoms with Crippen LogP contribution in [0, 0.1) is 0 Å². The third-order valence-corrected chi connectivity index (χ3v) is 5.46. The standard InChI is InChI=1S/C27H21N5O3/c1-35-24-14-8-6-12-20(24)25-21(17-32(31-25)19-10-3-2-4-11-19)26(33)29-30-27(34)23-16-15-18-9-5-7-13-22(18)28-23/h2-17H,1H3,(H,29,33)(H,30,34). The summed E-state index contributed by atoms with van der Waals surface area (Å²) in [6.45, 7) is 0. The fraction of sp³-hybridized carbons (Fsp3) is 0.0370. The number of nitrogens with zero attached hydrogens (tertiary/aromatic N) is 3. The summed E-state index contributed by atoms with van der Waals surface area (Å²) in [5.74, 6) is -0.482. The highest BCUT2D eigenvalue weighted by molar-refractivity contribution is 6.02. The Morgan fingerprint density at radius 2 is 1.51 bits per heavy atom. The molecule has 35 heavy (non-hydrogen) atoms. The van der Waals surface area contributed by atoms with Crippen LogP contribution in [0.15, 0.2) is 97.2 Å². The smallest absolute Gasteiger partial charge is 0.288 e. The largest absolute Gasteiger partial charge is 0.496 e. The van der Waals surface area contributed by atoms with Crippen LogP contribution in [0.4, 0.5) is 0 Å². The van der Waals surface area contributed by atoms with E-state index >= 15 is 0 Å². The van der Waals surface area contributed by atoms with E-state index in [-0.39, 0.29) is 11.3 Å². The Balaban J connectivity index is 1.44. The first kappa shape index (κ1) is 21.8. The maximum atomic E-state index is 13.2. The molecule has 0 spiro atoms. The zero-order chi connectivity index (χ0) is 24.2. The second kappa shape index (κ2) is 9.48. The zero-order valence-corrected chi connectivity index (χ0v) is 18.8. The first-order chi connectivity index (χ1) is 17.1. The molecule has 172 valence electrons. The van der Waals surface area contributed by atoms with Gasteiger partial charge >= 0.3 is 0 Å². The summed E-state index contributed by atoms with van der Waals surface area (Å²) in [7, 11) is 1.56. The second-order valence-electron chi connectivity index (χ2n) is 7.67. The van der Waals surface area contributed by atoms with Gasteiger partial charge in [-0.2, -0.15) is 5.10 Å². The summed E-state index contributed by atoms with van der Waals surface area (Å²) in [5, 5.41) is 5.57. The number of para-hydroxylation sites is 3. The number of carbonyl (C=O) groups excluding carboxylic acids is 2. The maximum Gasteiger partial charge on any atom is 0.288 e. The maximum absolute atomic E-state index is 13.2. The fourth-order valence-corrected chi connectivity index (χ4v) is 3.73. The van der Waals surface area contributed by atoms with Gasteiger partial charge in [-0.15, -0.1) is 0 Å². The predicted octanol–water partition coefficient (Wildman–Crippen LogP) is 4.17. The average molecular weight is 463 g/mol. The van der Waals surface area contributed by atoms with E-state index in [2.05, 4.69) is 20.9 Å². The molecule has 2 N–H and O–H groups in total. The number of hydrogen-bond acceptors (Lipinski definition) is 5. The molecule has 2 heterocycles. The molecule has 0 aliphatic carbocycles. The lowest BCUT2D eigenvalue weighted by atomic mass is 10.1. The summed E-state index contributed by atoms with van der Waals surface area (Å²) in [4.78, 5) is 30.2. The van der Waals surface area contributed by atoms with Crippen molar-refractivity contribution in [1.29, 1.82) is 0 Å². The van der Waals surface area contributed by atoms with E-state index < -0.39 is 11.8 Å². The predicted molar refractivity (Wildman–Crippen MR) is 132 cm³/mol. The molecule has 2 amide bonds. The molecule has 2 aromatic heterocycles. The molecule has 5 aromatic rings. The summed E-state index contributed by atoms with van der Waals surface area (Å²) < 4.78 is 7.10. The number of aromatic nitrogens is 3. The van der Waals surface area contributed by atoms with Crippen molar-refractivity contribution >= 4 is 22.7 Å². The molecule has 0 unspecified atom stereocenters. The molecule has 5 rings (SSSR count). The van der Waals surface area contributed by atoms with Crippen LogP contribution >= 0.6 is 0 Å². The van der Waals surface area contributed by atoms with Crippen LogP contribution < -0.4 is 15.6 Å². The van der Waals surface area contributed by atoms with Crippen molar-refractivity contribution in [2.75, 3.05) is 7.11 Å². The van der Waals surface area contributed by atoms with E-state index in [1.54, 1.807) is 30.1 Å². The molecular formula is C27H21N5O3. The molecule has 0 saturated heterocycles. The molecule has 8 heteroatoms. The van der Waals surface area contributed by atoms with Gasteiger partial charge in [-0.1, -0.05) is 54.6 Å². The highest BCUT2D eigenvalue weighted by atomic mass is 16.5. The number of methoxy groups -OCH3 is 1. The third kappa shape index (κ3) is 4.45. The highest BCUT2D eigenvalue weighted by Crippen LogP contribution is 2.31. The van der Waals surface area contributed by atoms with Crippen LogP contribution in [-0.4, -0.2) is 33.7 Å². The van der Waals surface area contributed by atoms with Crippen molar-refractivity contribution in [2.45, 2.75) is 0 Å². The average Bonchev–Trinajstić information content (AvgIpc) is 3.37. The van der Waals surface area contributed by atoms with Gasteiger partial charge in [-0.3, -0.25) is 20.4 Å². The fourth-order valence-electron chi connectivity index (χ4n) is 3.73. The summed E-state index contributed by atoms with van der Waals surface area (Å²) in [6, 6.07) is 27.6. The van der Waals surface area contributed by atoms with Crippen molar-refractivity contribution in [3.8, 4) is 22.7 Å². The van der Waals surface area contributed by atoms with Crippen LogP contribution in [0.5, 0.6) is 5.75 Å². The first-order valence-corrected chi connectivity index (χ1v) is 10.9. The van der Waals surface area contributed by atoms with Crippen molar-refractivity contribution in [2.24, 2.45) is 0 Å². The minimum Gasteiger partial charge on any atom is -0.496 e. The molecule has 3 aromatic carbocycles. The van der Waals surface area contributed by atoms with E-state index in [0.717, 1.165) is 11.1 Å². The van der Waals surface area contributed by atoms with Gasteiger partial charge < -0.3 is 4.74 Å². The lowest BCUT2D eigenvalue weighted by molar-refractivity contribution is 0.0844. The van der Waals surface area contributed by atoms with Gasteiger partial charge in [0.25, 0.3) is 11.8 Å². The number of fused-ring (bicyclic) bond motifs is 1. The van der Waals surface area contributed by atoms with Crippen LogP contribution in [0.1, 0.15) is 20.8 Å². The molecule has 0 fully saturated rings. The van der Waals surface area contributed by atoms with Crippen LogP contribution in [0.25, 0.3) is 27.8 Å². The van der Waals surface area contributed by atoms with Crippen LogP contribution in [0.3, 0.4) is 0 Å². The van der Waals surface area contributed by atoms with Gasteiger partial charge in [0, 0.05) is 17.1 Å². The number of hydrogen-bond donors (Lipinski definition) is 2. The normalized spacial score (nSPS) is 10.7. The molecule has 8 nitrogen and oxygen atoms in total. The van der Waals surface area contributed by atoms with Gasteiger partial charge in [-0.25, -0.2) is 9.67 Å². The number of rotatable bonds is 5. The van der Waals surface area contributed by atoms with E-state index in [9.17, 15) is 9.59 Å². The van der Waals surface area contributed by atoms with Crippen molar-refractivity contribution in [3.05, 3.63) is 108 Å². The van der Waals surface area contributed by atoms with Gasteiger partial charge in [-0.05, 0) is 36.4 Å². The molecule has 0 aliphatic rings. The Morgan fingerprint density at radius 3 is 2.34 bits per heavy atom. The zero-order valence-electron chi connectivity index (χ0n) is 18.8. The van der Waals surface area contributed by atoms with Gasteiger partial charge in [0.15, 0.2) is 0 Å². The van der Waals surface area contributed by atoms with Crippen LogP contribution in [0.2, 0.25) is 0 Å². The third-order valence-electron chi connectivity index (χ3n) is 5.46. The summed E-state index contributed by atoms with van der Waals surface area (Å²) in [5.41, 5.74) is 7.93. The minimum absolute atomic E-state index is 0.189. The topological polar surface area (TPSA) is 98.1 Å². The lowest BCUT2D eigenvalue weighted by Gasteiger charge is -2.09. The van der Waals surface area contributed by atoms with Gasteiger partial charge in [0.1, 0.15) is 17.1 Å². The number of benzene rings is 3. The number of hydrazine groups is 1. The quantitative estimate of drug-likeness (QED) is 0.381. The van der Waals surface area contributed by atoms with E-state index in [0.29, 0.717) is 22.5 Å². The summed E-state index contributed by atoms with van der Waals surface area (Å²) in [6.07, 6.45) is 1.62. The number of ether oxygens (including phenoxy) is 1. The monoisotopic (exact) mass is 463 g/mol. The molecule has 0 saturated carbocycles. The molecule has 0 atom stereocenters. The number of carbonyl (C=O) groups is 2. The number of amides is 2. The Hall–Kier alpha value is -4.98. The Kier molecular flexibility index (Phi) is 5.92. The Bertz CT molecular complexity index is 1530. The first-order valence-electron chi connectivity index (χ1n) is 10.9. The number of pyridine rings is 1. The Labute approximate surface area is 201 Å².